The Labute approximate surface area is 142 Å². The smallest absolute Gasteiger partial charge is 0.170 e. The number of hydrogen-bond donors (Lipinski definition) is 0. The number of carbonyl (C=O) groups is 1. The second kappa shape index (κ2) is 6.25. The summed E-state index contributed by atoms with van der Waals surface area (Å²) >= 11 is 1.58. The van der Waals surface area contributed by atoms with Crippen LogP contribution in [0.25, 0.3) is 21.3 Å². The maximum Gasteiger partial charge on any atom is 0.170 e. The van der Waals surface area contributed by atoms with Gasteiger partial charge in [0.2, 0.25) is 0 Å². The zero-order chi connectivity index (χ0) is 16.4. The van der Waals surface area contributed by atoms with Gasteiger partial charge in [-0.1, -0.05) is 12.1 Å². The molecule has 3 heterocycles. The number of aromatic nitrogens is 4. The molecule has 0 aliphatic carbocycles. The summed E-state index contributed by atoms with van der Waals surface area (Å²) in [6, 6.07) is 9.42. The van der Waals surface area contributed by atoms with Crippen LogP contribution in [0.5, 0.6) is 0 Å². The lowest BCUT2D eigenvalue weighted by Gasteiger charge is -2.04. The Bertz CT molecular complexity index is 1000. The van der Waals surface area contributed by atoms with Gasteiger partial charge in [-0.05, 0) is 23.8 Å². The molecule has 5 nitrogen and oxygen atoms in total. The first kappa shape index (κ1) is 14.6. The SMILES string of the molecule is O=C(Cc1ncc2ccc(-c3cncs3)cc2n1)c1ccncc1. The molecule has 3 aromatic heterocycles. The van der Waals surface area contributed by atoms with Crippen molar-refractivity contribution in [2.45, 2.75) is 6.42 Å². The van der Waals surface area contributed by atoms with E-state index in [-0.39, 0.29) is 12.2 Å². The third-order valence-corrected chi connectivity index (χ3v) is 4.49. The molecule has 0 spiro atoms. The Morgan fingerprint density at radius 2 is 1.92 bits per heavy atom. The normalized spacial score (nSPS) is 10.8. The number of nitrogens with zero attached hydrogens (tertiary/aromatic N) is 4. The van der Waals surface area contributed by atoms with Gasteiger partial charge in [0.1, 0.15) is 5.82 Å². The minimum absolute atomic E-state index is 0.0182. The molecule has 0 radical (unpaired) electrons. The second-order valence-corrected chi connectivity index (χ2v) is 6.15. The molecular formula is C18H12N4OS. The fourth-order valence-corrected chi connectivity index (χ4v) is 3.06. The Hall–Kier alpha value is -2.99. The molecule has 4 aromatic rings. The van der Waals surface area contributed by atoms with Gasteiger partial charge in [0.25, 0.3) is 0 Å². The van der Waals surface area contributed by atoms with Crippen LogP contribution in [-0.2, 0) is 6.42 Å². The van der Waals surface area contributed by atoms with Crippen molar-refractivity contribution < 1.29 is 4.79 Å². The number of Topliss-reactive ketones (excluding diaryl/α,β-unsaturated/α-hetero) is 1. The molecule has 0 atom stereocenters. The van der Waals surface area contributed by atoms with E-state index < -0.39 is 0 Å². The van der Waals surface area contributed by atoms with Gasteiger partial charge in [-0.3, -0.25) is 14.8 Å². The van der Waals surface area contributed by atoms with Crippen LogP contribution in [0, 0.1) is 0 Å². The first-order chi connectivity index (χ1) is 11.8. The third kappa shape index (κ3) is 2.91. The van der Waals surface area contributed by atoms with E-state index >= 15 is 0 Å². The topological polar surface area (TPSA) is 68.6 Å². The Kier molecular flexibility index (Phi) is 3.80. The fourth-order valence-electron chi connectivity index (χ4n) is 2.44. The van der Waals surface area contributed by atoms with E-state index in [1.165, 1.54) is 0 Å². The van der Waals surface area contributed by atoms with E-state index in [9.17, 15) is 4.79 Å². The zero-order valence-electron chi connectivity index (χ0n) is 12.6. The van der Waals surface area contributed by atoms with Crippen molar-refractivity contribution in [3.8, 4) is 10.4 Å². The van der Waals surface area contributed by atoms with E-state index in [1.54, 1.807) is 47.6 Å². The molecule has 4 rings (SSSR count). The van der Waals surface area contributed by atoms with Crippen LogP contribution in [0.15, 0.2) is 60.6 Å². The summed E-state index contributed by atoms with van der Waals surface area (Å²) in [7, 11) is 0. The molecule has 0 fully saturated rings. The van der Waals surface area contributed by atoms with Crippen molar-refractivity contribution in [2.75, 3.05) is 0 Å². The lowest BCUT2D eigenvalue weighted by molar-refractivity contribution is 0.0991. The van der Waals surface area contributed by atoms with Crippen molar-refractivity contribution in [3.63, 3.8) is 0 Å². The highest BCUT2D eigenvalue weighted by Crippen LogP contribution is 2.26. The minimum Gasteiger partial charge on any atom is -0.294 e. The van der Waals surface area contributed by atoms with Crippen LogP contribution in [0.4, 0.5) is 0 Å². The molecule has 0 unspecified atom stereocenters. The molecule has 6 heteroatoms. The van der Waals surface area contributed by atoms with Crippen LogP contribution in [0.3, 0.4) is 0 Å². The molecule has 0 N–H and O–H groups in total. The number of ketones is 1. The summed E-state index contributed by atoms with van der Waals surface area (Å²) in [5.74, 6) is 0.501. The number of benzene rings is 1. The Balaban J connectivity index is 1.66. The average Bonchev–Trinajstić information content (AvgIpc) is 3.16. The average molecular weight is 332 g/mol. The van der Waals surface area contributed by atoms with Gasteiger partial charge in [0, 0.05) is 35.7 Å². The Morgan fingerprint density at radius 1 is 1.04 bits per heavy atom. The van der Waals surface area contributed by atoms with Gasteiger partial charge in [-0.2, -0.15) is 0 Å². The predicted octanol–water partition coefficient (Wildman–Crippen LogP) is 3.57. The largest absolute Gasteiger partial charge is 0.294 e. The second-order valence-electron chi connectivity index (χ2n) is 5.26. The standard InChI is InChI=1S/C18H12N4OS/c23-16(12-3-5-19-6-4-12)8-18-21-9-14-2-1-13(7-15(14)22-18)17-10-20-11-24-17/h1-7,9-11H,8H2. The van der Waals surface area contributed by atoms with Crippen LogP contribution in [-0.4, -0.2) is 25.7 Å². The van der Waals surface area contributed by atoms with E-state index in [0.29, 0.717) is 11.4 Å². The molecule has 0 saturated heterocycles. The lowest BCUT2D eigenvalue weighted by atomic mass is 10.1. The molecular weight excluding hydrogens is 320 g/mol. The van der Waals surface area contributed by atoms with Crippen molar-refractivity contribution in [1.29, 1.82) is 0 Å². The molecule has 0 aliphatic rings. The van der Waals surface area contributed by atoms with Crippen molar-refractivity contribution in [3.05, 3.63) is 72.0 Å². The predicted molar refractivity (Wildman–Crippen MR) is 92.9 cm³/mol. The maximum absolute atomic E-state index is 12.3. The van der Waals surface area contributed by atoms with E-state index in [1.807, 2.05) is 24.4 Å². The van der Waals surface area contributed by atoms with Gasteiger partial charge in [-0.15, -0.1) is 11.3 Å². The number of thiazole rings is 1. The van der Waals surface area contributed by atoms with Crippen molar-refractivity contribution in [2.24, 2.45) is 0 Å². The molecule has 116 valence electrons. The van der Waals surface area contributed by atoms with E-state index in [4.69, 9.17) is 0 Å². The van der Waals surface area contributed by atoms with Gasteiger partial charge in [0.15, 0.2) is 5.78 Å². The minimum atomic E-state index is -0.0182. The van der Waals surface area contributed by atoms with Crippen molar-refractivity contribution >= 4 is 28.0 Å². The highest BCUT2D eigenvalue weighted by molar-refractivity contribution is 7.13. The number of hydrogen-bond acceptors (Lipinski definition) is 6. The fraction of sp³-hybridized carbons (Fsp3) is 0.0556. The highest BCUT2D eigenvalue weighted by atomic mass is 32.1. The molecule has 24 heavy (non-hydrogen) atoms. The van der Waals surface area contributed by atoms with Crippen LogP contribution in [0.1, 0.15) is 16.2 Å². The summed E-state index contributed by atoms with van der Waals surface area (Å²) in [4.78, 5) is 30.3. The third-order valence-electron chi connectivity index (χ3n) is 3.67. The van der Waals surface area contributed by atoms with Gasteiger partial charge in [-0.25, -0.2) is 9.97 Å². The molecule has 1 aromatic carbocycles. The van der Waals surface area contributed by atoms with Crippen LogP contribution >= 0.6 is 11.3 Å². The van der Waals surface area contributed by atoms with E-state index in [0.717, 1.165) is 21.3 Å². The maximum atomic E-state index is 12.3. The molecule has 0 saturated carbocycles. The monoisotopic (exact) mass is 332 g/mol. The molecule has 0 amide bonds. The van der Waals surface area contributed by atoms with Crippen LogP contribution in [0.2, 0.25) is 0 Å². The quantitative estimate of drug-likeness (QED) is 0.534. The first-order valence-corrected chi connectivity index (χ1v) is 8.25. The summed E-state index contributed by atoms with van der Waals surface area (Å²) in [5, 5.41) is 0.948. The lowest BCUT2D eigenvalue weighted by Crippen LogP contribution is -2.07. The first-order valence-electron chi connectivity index (χ1n) is 7.37. The number of pyridine rings is 1. The summed E-state index contributed by atoms with van der Waals surface area (Å²) in [6.45, 7) is 0. The van der Waals surface area contributed by atoms with Gasteiger partial charge < -0.3 is 0 Å². The van der Waals surface area contributed by atoms with E-state index in [2.05, 4.69) is 19.9 Å². The zero-order valence-corrected chi connectivity index (χ0v) is 13.4. The number of rotatable bonds is 4. The summed E-state index contributed by atoms with van der Waals surface area (Å²) in [6.07, 6.45) is 6.98. The number of carbonyl (C=O) groups excluding carboxylic acids is 1. The summed E-state index contributed by atoms with van der Waals surface area (Å²) < 4.78 is 0. The Morgan fingerprint density at radius 3 is 2.71 bits per heavy atom. The summed E-state index contributed by atoms with van der Waals surface area (Å²) in [5.41, 5.74) is 4.31. The molecule has 0 aliphatic heterocycles. The highest BCUT2D eigenvalue weighted by Gasteiger charge is 2.10. The molecule has 0 bridgehead atoms. The number of fused-ring (bicyclic) bond motifs is 1. The van der Waals surface area contributed by atoms with Crippen LogP contribution < -0.4 is 0 Å². The van der Waals surface area contributed by atoms with Gasteiger partial charge in [0.05, 0.1) is 22.3 Å². The van der Waals surface area contributed by atoms with Crippen molar-refractivity contribution in [1.82, 2.24) is 19.9 Å². The van der Waals surface area contributed by atoms with Gasteiger partial charge >= 0.3 is 0 Å².